The van der Waals surface area contributed by atoms with Gasteiger partial charge in [-0.3, -0.25) is 14.9 Å². The number of carbonyl (C=O) groups is 1. The molecule has 2 aromatic carbocycles. The number of thiazole rings is 1. The van der Waals surface area contributed by atoms with Gasteiger partial charge in [0.15, 0.2) is 10.8 Å². The molecule has 0 saturated carbocycles. The summed E-state index contributed by atoms with van der Waals surface area (Å²) in [6.45, 7) is 0. The molecule has 0 aliphatic rings. The van der Waals surface area contributed by atoms with Crippen LogP contribution >= 0.6 is 11.3 Å². The largest absolute Gasteiger partial charge is 0.340 e. The Morgan fingerprint density at radius 2 is 2.12 bits per heavy atom. The van der Waals surface area contributed by atoms with Crippen LogP contribution in [-0.4, -0.2) is 28.6 Å². The van der Waals surface area contributed by atoms with Crippen LogP contribution < -0.4 is 9.79 Å². The van der Waals surface area contributed by atoms with E-state index < -0.39 is 4.92 Å². The average molecular weight is 369 g/mol. The second-order valence-corrected chi connectivity index (χ2v) is 6.20. The zero-order chi connectivity index (χ0) is 18.7. The zero-order valence-corrected chi connectivity index (χ0v) is 14.2. The van der Waals surface area contributed by atoms with Gasteiger partial charge in [0, 0.05) is 24.7 Å². The van der Waals surface area contributed by atoms with Crippen molar-refractivity contribution < 1.29 is 19.9 Å². The first-order chi connectivity index (χ1) is 12.5. The minimum absolute atomic E-state index is 0.187. The van der Waals surface area contributed by atoms with Gasteiger partial charge in [0.25, 0.3) is 5.69 Å². The third-order valence-electron chi connectivity index (χ3n) is 3.49. The molecule has 8 nitrogen and oxygen atoms in total. The summed E-state index contributed by atoms with van der Waals surface area (Å²) in [5, 5.41) is 20.4. The third-order valence-corrected chi connectivity index (χ3v) is 4.42. The van der Waals surface area contributed by atoms with E-state index in [1.54, 1.807) is 24.3 Å². The Bertz CT molecular complexity index is 1070. The van der Waals surface area contributed by atoms with Gasteiger partial charge in [0.1, 0.15) is 5.69 Å². The maximum Gasteiger partial charge on any atom is 0.294 e. The van der Waals surface area contributed by atoms with Crippen molar-refractivity contribution in [3.05, 3.63) is 57.1 Å². The highest BCUT2D eigenvalue weighted by Gasteiger charge is 2.17. The van der Waals surface area contributed by atoms with Crippen LogP contribution in [-0.2, 0) is 4.79 Å². The van der Waals surface area contributed by atoms with Crippen LogP contribution in [0.4, 0.5) is 11.4 Å². The Hall–Kier alpha value is -3.48. The van der Waals surface area contributed by atoms with Crippen LogP contribution in [0.3, 0.4) is 0 Å². The molecule has 130 valence electrons. The summed E-state index contributed by atoms with van der Waals surface area (Å²) in [5.41, 5.74) is 1.11. The SMILES string of the molecule is CN(C=O)c1ccc(C#Cc2nc3ccc(OO)cc3s2)cc1[N+](=O)[O-]. The molecule has 9 heteroatoms. The van der Waals surface area contributed by atoms with E-state index in [2.05, 4.69) is 21.7 Å². The second-order valence-electron chi connectivity index (χ2n) is 5.17. The Labute approximate surface area is 151 Å². The molecule has 0 aliphatic heterocycles. The molecule has 0 saturated heterocycles. The van der Waals surface area contributed by atoms with Crippen LogP contribution in [0.2, 0.25) is 0 Å². The van der Waals surface area contributed by atoms with Crippen molar-refractivity contribution in [3.63, 3.8) is 0 Å². The summed E-state index contributed by atoms with van der Waals surface area (Å²) < 4.78 is 0.787. The Balaban J connectivity index is 1.96. The van der Waals surface area contributed by atoms with E-state index in [0.29, 0.717) is 28.2 Å². The summed E-state index contributed by atoms with van der Waals surface area (Å²) in [4.78, 5) is 31.2. The van der Waals surface area contributed by atoms with Gasteiger partial charge in [-0.05, 0) is 30.2 Å². The molecule has 1 N–H and O–H groups in total. The minimum Gasteiger partial charge on any atom is -0.340 e. The van der Waals surface area contributed by atoms with Crippen LogP contribution in [0, 0.1) is 22.0 Å². The fraction of sp³-hybridized carbons (Fsp3) is 0.0588. The van der Waals surface area contributed by atoms with Crippen LogP contribution in [0.1, 0.15) is 10.6 Å². The summed E-state index contributed by atoms with van der Waals surface area (Å²) in [6.07, 6.45) is 0.499. The van der Waals surface area contributed by atoms with E-state index in [0.717, 1.165) is 9.60 Å². The second kappa shape index (κ2) is 7.18. The lowest BCUT2D eigenvalue weighted by Crippen LogP contribution is -2.15. The topological polar surface area (TPSA) is 106 Å². The van der Waals surface area contributed by atoms with Gasteiger partial charge in [0.05, 0.1) is 15.1 Å². The molecule has 1 heterocycles. The molecular formula is C17H11N3O5S. The fourth-order valence-corrected chi connectivity index (χ4v) is 3.09. The fourth-order valence-electron chi connectivity index (χ4n) is 2.24. The van der Waals surface area contributed by atoms with E-state index in [1.165, 1.54) is 30.5 Å². The number of benzene rings is 2. The van der Waals surface area contributed by atoms with Crippen LogP contribution in [0.15, 0.2) is 36.4 Å². The Morgan fingerprint density at radius 3 is 2.81 bits per heavy atom. The average Bonchev–Trinajstić information content (AvgIpc) is 3.07. The van der Waals surface area contributed by atoms with Crippen molar-refractivity contribution in [2.45, 2.75) is 0 Å². The number of amides is 1. The van der Waals surface area contributed by atoms with E-state index in [9.17, 15) is 14.9 Å². The molecule has 0 unspecified atom stereocenters. The molecule has 26 heavy (non-hydrogen) atoms. The van der Waals surface area contributed by atoms with Crippen molar-refractivity contribution in [2.24, 2.45) is 0 Å². The maximum atomic E-state index is 11.2. The lowest BCUT2D eigenvalue weighted by molar-refractivity contribution is -0.384. The summed E-state index contributed by atoms with van der Waals surface area (Å²) in [7, 11) is 1.44. The summed E-state index contributed by atoms with van der Waals surface area (Å²) in [5.74, 6) is 6.00. The minimum atomic E-state index is -0.561. The van der Waals surface area contributed by atoms with Crippen molar-refractivity contribution in [2.75, 3.05) is 11.9 Å². The first-order valence-electron chi connectivity index (χ1n) is 7.22. The van der Waals surface area contributed by atoms with E-state index >= 15 is 0 Å². The van der Waals surface area contributed by atoms with Gasteiger partial charge in [0.2, 0.25) is 6.41 Å². The van der Waals surface area contributed by atoms with Crippen molar-refractivity contribution in [1.82, 2.24) is 4.98 Å². The maximum absolute atomic E-state index is 11.2. The normalized spacial score (nSPS) is 10.1. The molecular weight excluding hydrogens is 358 g/mol. The number of aromatic nitrogens is 1. The van der Waals surface area contributed by atoms with Gasteiger partial charge in [-0.15, -0.1) is 11.3 Å². The molecule has 0 aliphatic carbocycles. The van der Waals surface area contributed by atoms with Crippen molar-refractivity contribution >= 4 is 39.3 Å². The van der Waals surface area contributed by atoms with Gasteiger partial charge in [-0.2, -0.15) is 0 Å². The van der Waals surface area contributed by atoms with E-state index in [1.807, 2.05) is 0 Å². The summed E-state index contributed by atoms with van der Waals surface area (Å²) in [6, 6.07) is 9.28. The molecule has 0 spiro atoms. The summed E-state index contributed by atoms with van der Waals surface area (Å²) >= 11 is 1.30. The highest BCUT2D eigenvalue weighted by atomic mass is 32.1. The standard InChI is InChI=1S/C17H11N3O5S/c1-19(10-21)14-6-2-11(8-15(14)20(22)23)3-7-17-18-13-5-4-12(25-24)9-16(13)26-17/h2,4-6,8-10,24H,1H3. The van der Waals surface area contributed by atoms with E-state index in [-0.39, 0.29) is 11.4 Å². The smallest absolute Gasteiger partial charge is 0.294 e. The number of anilines is 1. The molecule has 0 fully saturated rings. The molecule has 1 amide bonds. The quantitative estimate of drug-likeness (QED) is 0.249. The van der Waals surface area contributed by atoms with Gasteiger partial charge >= 0.3 is 0 Å². The predicted octanol–water partition coefficient (Wildman–Crippen LogP) is 3.05. The third kappa shape index (κ3) is 3.46. The highest BCUT2D eigenvalue weighted by Crippen LogP contribution is 2.28. The highest BCUT2D eigenvalue weighted by molar-refractivity contribution is 7.19. The lowest BCUT2D eigenvalue weighted by atomic mass is 10.1. The van der Waals surface area contributed by atoms with Crippen molar-refractivity contribution in [1.29, 1.82) is 0 Å². The number of hydrogen-bond acceptors (Lipinski definition) is 7. The Kier molecular flexibility index (Phi) is 4.79. The predicted molar refractivity (Wildman–Crippen MR) is 96.4 cm³/mol. The van der Waals surface area contributed by atoms with Gasteiger partial charge in [-0.25, -0.2) is 10.2 Å². The number of nitrogens with zero attached hydrogens (tertiary/aromatic N) is 3. The number of carbonyl (C=O) groups excluding carboxylic acids is 1. The number of fused-ring (bicyclic) bond motifs is 1. The zero-order valence-electron chi connectivity index (χ0n) is 13.4. The Morgan fingerprint density at radius 1 is 1.31 bits per heavy atom. The molecule has 3 aromatic rings. The number of rotatable bonds is 4. The first kappa shape index (κ1) is 17.3. The monoisotopic (exact) mass is 369 g/mol. The molecule has 1 aromatic heterocycles. The van der Waals surface area contributed by atoms with Crippen LogP contribution in [0.5, 0.6) is 5.75 Å². The molecule has 0 atom stereocenters. The lowest BCUT2D eigenvalue weighted by Gasteiger charge is -2.10. The number of nitro benzene ring substituents is 1. The van der Waals surface area contributed by atoms with Crippen LogP contribution in [0.25, 0.3) is 10.2 Å². The number of nitro groups is 1. The molecule has 0 bridgehead atoms. The first-order valence-corrected chi connectivity index (χ1v) is 8.04. The van der Waals surface area contributed by atoms with Gasteiger partial charge in [-0.1, -0.05) is 5.92 Å². The molecule has 0 radical (unpaired) electrons. The van der Waals surface area contributed by atoms with Crippen molar-refractivity contribution in [3.8, 4) is 17.6 Å². The number of hydrogen-bond donors (Lipinski definition) is 1. The molecule has 3 rings (SSSR count). The van der Waals surface area contributed by atoms with E-state index in [4.69, 9.17) is 5.26 Å². The van der Waals surface area contributed by atoms with Gasteiger partial charge < -0.3 is 9.79 Å².